The summed E-state index contributed by atoms with van der Waals surface area (Å²) in [6, 6.07) is 7.02. The van der Waals surface area contributed by atoms with Crippen molar-refractivity contribution < 1.29 is 9.53 Å². The van der Waals surface area contributed by atoms with Gasteiger partial charge in [0, 0.05) is 0 Å². The van der Waals surface area contributed by atoms with Crippen molar-refractivity contribution >= 4 is 11.7 Å². The number of carbonyl (C=O) groups is 1. The highest BCUT2D eigenvalue weighted by atomic mass is 16.5. The lowest BCUT2D eigenvalue weighted by atomic mass is 10.2. The van der Waals surface area contributed by atoms with Crippen molar-refractivity contribution in [2.24, 2.45) is 10.3 Å². The van der Waals surface area contributed by atoms with Crippen LogP contribution in [0.3, 0.4) is 0 Å². The third-order valence-electron chi connectivity index (χ3n) is 1.80. The van der Waals surface area contributed by atoms with Gasteiger partial charge in [-0.05, 0) is 26.0 Å². The van der Waals surface area contributed by atoms with Gasteiger partial charge in [-0.3, -0.25) is 5.43 Å². The Morgan fingerprint density at radius 1 is 1.38 bits per heavy atom. The first-order valence-corrected chi connectivity index (χ1v) is 5.18. The third kappa shape index (κ3) is 3.34. The Balaban J connectivity index is 2.82. The molecule has 86 valence electrons. The number of rotatable bonds is 5. The van der Waals surface area contributed by atoms with Gasteiger partial charge in [-0.1, -0.05) is 17.4 Å². The van der Waals surface area contributed by atoms with E-state index in [9.17, 15) is 4.79 Å². The molecule has 1 aromatic rings. The molecule has 1 N–H and O–H groups in total. The molecular formula is C11H15N3O2. The number of para-hydroxylation sites is 1. The van der Waals surface area contributed by atoms with Crippen LogP contribution in [0.5, 0.6) is 0 Å². The van der Waals surface area contributed by atoms with E-state index in [2.05, 4.69) is 15.8 Å². The summed E-state index contributed by atoms with van der Waals surface area (Å²) in [6.07, 6.45) is 0. The van der Waals surface area contributed by atoms with Crippen molar-refractivity contribution in [3.63, 3.8) is 0 Å². The van der Waals surface area contributed by atoms with Crippen molar-refractivity contribution in [3.8, 4) is 0 Å². The number of hydrogen-bond donors (Lipinski definition) is 1. The second kappa shape index (κ2) is 6.55. The average Bonchev–Trinajstić information content (AvgIpc) is 2.30. The molecule has 0 aliphatic rings. The van der Waals surface area contributed by atoms with Gasteiger partial charge in [-0.2, -0.15) is 5.11 Å². The zero-order valence-electron chi connectivity index (χ0n) is 9.43. The van der Waals surface area contributed by atoms with Crippen LogP contribution in [-0.4, -0.2) is 19.1 Å². The van der Waals surface area contributed by atoms with Gasteiger partial charge in [-0.15, -0.1) is 0 Å². The SMILES string of the molecule is CCN=NNc1ccccc1C(=O)OCC. The van der Waals surface area contributed by atoms with E-state index in [1.165, 1.54) is 0 Å². The van der Waals surface area contributed by atoms with E-state index in [-0.39, 0.29) is 5.97 Å². The highest BCUT2D eigenvalue weighted by Crippen LogP contribution is 2.16. The molecule has 0 amide bonds. The number of benzene rings is 1. The zero-order chi connectivity index (χ0) is 11.8. The molecule has 0 spiro atoms. The number of anilines is 1. The summed E-state index contributed by atoms with van der Waals surface area (Å²) in [4.78, 5) is 11.6. The molecule has 0 atom stereocenters. The van der Waals surface area contributed by atoms with Gasteiger partial charge in [0.15, 0.2) is 0 Å². The quantitative estimate of drug-likeness (QED) is 0.472. The predicted molar refractivity (Wildman–Crippen MR) is 61.4 cm³/mol. The number of ether oxygens (including phenoxy) is 1. The molecule has 0 heterocycles. The highest BCUT2D eigenvalue weighted by Gasteiger charge is 2.10. The van der Waals surface area contributed by atoms with Crippen molar-refractivity contribution in [1.82, 2.24) is 0 Å². The van der Waals surface area contributed by atoms with E-state index in [1.54, 1.807) is 25.1 Å². The summed E-state index contributed by atoms with van der Waals surface area (Å²) in [6.45, 7) is 4.59. The van der Waals surface area contributed by atoms with Crippen LogP contribution < -0.4 is 5.43 Å². The van der Waals surface area contributed by atoms with Gasteiger partial charge < -0.3 is 4.74 Å². The summed E-state index contributed by atoms with van der Waals surface area (Å²) >= 11 is 0. The second-order valence-electron chi connectivity index (χ2n) is 2.94. The summed E-state index contributed by atoms with van der Waals surface area (Å²) < 4.78 is 4.92. The molecule has 0 aromatic heterocycles. The topological polar surface area (TPSA) is 63.0 Å². The maximum Gasteiger partial charge on any atom is 0.340 e. The minimum Gasteiger partial charge on any atom is -0.462 e. The Morgan fingerprint density at radius 2 is 2.12 bits per heavy atom. The van der Waals surface area contributed by atoms with Gasteiger partial charge in [0.1, 0.15) is 0 Å². The Morgan fingerprint density at radius 3 is 2.81 bits per heavy atom. The van der Waals surface area contributed by atoms with E-state index >= 15 is 0 Å². The predicted octanol–water partition coefficient (Wildman–Crippen LogP) is 2.66. The highest BCUT2D eigenvalue weighted by molar-refractivity contribution is 5.95. The Bertz CT molecular complexity index is 377. The minimum absolute atomic E-state index is 0.351. The summed E-state index contributed by atoms with van der Waals surface area (Å²) in [5, 5.41) is 7.51. The lowest BCUT2D eigenvalue weighted by Gasteiger charge is -2.06. The molecule has 0 unspecified atom stereocenters. The molecule has 0 aliphatic carbocycles. The largest absolute Gasteiger partial charge is 0.462 e. The van der Waals surface area contributed by atoms with Crippen LogP contribution in [0, 0.1) is 0 Å². The number of nitrogens with one attached hydrogen (secondary N) is 1. The van der Waals surface area contributed by atoms with E-state index in [0.717, 1.165) is 0 Å². The summed E-state index contributed by atoms with van der Waals surface area (Å²) in [7, 11) is 0. The third-order valence-corrected chi connectivity index (χ3v) is 1.80. The van der Waals surface area contributed by atoms with Crippen molar-refractivity contribution in [2.75, 3.05) is 18.6 Å². The van der Waals surface area contributed by atoms with Crippen molar-refractivity contribution in [3.05, 3.63) is 29.8 Å². The molecule has 5 heteroatoms. The smallest absolute Gasteiger partial charge is 0.340 e. The molecule has 16 heavy (non-hydrogen) atoms. The van der Waals surface area contributed by atoms with Crippen molar-refractivity contribution in [2.45, 2.75) is 13.8 Å². The molecular weight excluding hydrogens is 206 g/mol. The Hall–Kier alpha value is -1.91. The molecule has 0 radical (unpaired) electrons. The molecule has 5 nitrogen and oxygen atoms in total. The standard InChI is InChI=1S/C11H15N3O2/c1-3-12-14-13-10-8-6-5-7-9(10)11(15)16-4-2/h5-8H,3-4H2,1-2H3,(H,12,13). The molecule has 1 aromatic carbocycles. The average molecular weight is 221 g/mol. The minimum atomic E-state index is -0.364. The fraction of sp³-hybridized carbons (Fsp3) is 0.364. The van der Waals surface area contributed by atoms with Crippen LogP contribution in [0.4, 0.5) is 5.69 Å². The number of nitrogens with zero attached hydrogens (tertiary/aromatic N) is 2. The van der Waals surface area contributed by atoms with Gasteiger partial charge >= 0.3 is 5.97 Å². The first kappa shape index (κ1) is 12.2. The van der Waals surface area contributed by atoms with E-state index < -0.39 is 0 Å². The zero-order valence-corrected chi connectivity index (χ0v) is 9.43. The molecule has 0 bridgehead atoms. The molecule has 0 saturated carbocycles. The Labute approximate surface area is 94.5 Å². The summed E-state index contributed by atoms with van der Waals surface area (Å²) in [5.74, 6) is -0.364. The summed E-state index contributed by atoms with van der Waals surface area (Å²) in [5.41, 5.74) is 3.76. The molecule has 0 saturated heterocycles. The van der Waals surface area contributed by atoms with Crippen LogP contribution in [0.2, 0.25) is 0 Å². The Kier molecular flexibility index (Phi) is 4.98. The van der Waals surface area contributed by atoms with Gasteiger partial charge in [-0.25, -0.2) is 4.79 Å². The normalized spacial score (nSPS) is 10.4. The van der Waals surface area contributed by atoms with Crippen LogP contribution in [0.15, 0.2) is 34.6 Å². The van der Waals surface area contributed by atoms with E-state index in [1.807, 2.05) is 13.0 Å². The van der Waals surface area contributed by atoms with E-state index in [0.29, 0.717) is 24.4 Å². The van der Waals surface area contributed by atoms with Crippen LogP contribution >= 0.6 is 0 Å². The molecule has 1 rings (SSSR count). The lowest BCUT2D eigenvalue weighted by Crippen LogP contribution is -2.07. The number of hydrogen-bond acceptors (Lipinski definition) is 4. The number of carbonyl (C=O) groups excluding carboxylic acids is 1. The maximum absolute atomic E-state index is 11.6. The first-order chi connectivity index (χ1) is 7.79. The molecule has 0 aliphatic heterocycles. The monoisotopic (exact) mass is 221 g/mol. The van der Waals surface area contributed by atoms with Crippen LogP contribution in [0.1, 0.15) is 24.2 Å². The fourth-order valence-corrected chi connectivity index (χ4v) is 1.13. The second-order valence-corrected chi connectivity index (χ2v) is 2.94. The van der Waals surface area contributed by atoms with Crippen LogP contribution in [0.25, 0.3) is 0 Å². The van der Waals surface area contributed by atoms with Gasteiger partial charge in [0.25, 0.3) is 0 Å². The number of esters is 1. The van der Waals surface area contributed by atoms with Gasteiger partial charge in [0.2, 0.25) is 0 Å². The van der Waals surface area contributed by atoms with Crippen LogP contribution in [-0.2, 0) is 4.74 Å². The maximum atomic E-state index is 11.6. The van der Waals surface area contributed by atoms with Crippen molar-refractivity contribution in [1.29, 1.82) is 0 Å². The molecule has 0 fully saturated rings. The fourth-order valence-electron chi connectivity index (χ4n) is 1.13. The lowest BCUT2D eigenvalue weighted by molar-refractivity contribution is 0.0527. The van der Waals surface area contributed by atoms with E-state index in [4.69, 9.17) is 4.74 Å². The van der Waals surface area contributed by atoms with Gasteiger partial charge in [0.05, 0.1) is 24.4 Å². The first-order valence-electron chi connectivity index (χ1n) is 5.18.